The smallest absolute Gasteiger partial charge is 0.395 e. The number of aromatic nitrogens is 2. The minimum absolute atomic E-state index is 0.123. The van der Waals surface area contributed by atoms with E-state index in [1.165, 1.54) is 6.07 Å². The zero-order valence-electron chi connectivity index (χ0n) is 9.68. The van der Waals surface area contributed by atoms with Crippen LogP contribution in [0.15, 0.2) is 16.5 Å². The Bertz CT molecular complexity index is 594. The molecule has 0 aromatic carbocycles. The Labute approximate surface area is 101 Å². The molecule has 18 heavy (non-hydrogen) atoms. The third kappa shape index (κ3) is 2.08. The van der Waals surface area contributed by atoms with Gasteiger partial charge in [-0.05, 0) is 19.9 Å². The lowest BCUT2D eigenvalue weighted by Gasteiger charge is -2.01. The van der Waals surface area contributed by atoms with Crippen molar-refractivity contribution >= 4 is 17.5 Å². The summed E-state index contributed by atoms with van der Waals surface area (Å²) in [6.45, 7) is 3.48. The lowest BCUT2D eigenvalue weighted by molar-refractivity contribution is -0.402. The molecule has 0 atom stereocenters. The number of rotatable bonds is 3. The Morgan fingerprint density at radius 3 is 2.72 bits per heavy atom. The quantitative estimate of drug-likeness (QED) is 0.636. The highest BCUT2D eigenvalue weighted by Crippen LogP contribution is 2.20. The monoisotopic (exact) mass is 250 g/mol. The number of furan rings is 1. The number of hydrogen-bond acceptors (Lipinski definition) is 5. The molecule has 0 fully saturated rings. The van der Waals surface area contributed by atoms with Gasteiger partial charge in [-0.15, -0.1) is 0 Å². The molecule has 0 saturated carbocycles. The highest BCUT2D eigenvalue weighted by Gasteiger charge is 2.19. The molecule has 1 amide bonds. The van der Waals surface area contributed by atoms with Crippen molar-refractivity contribution in [3.63, 3.8) is 0 Å². The predicted octanol–water partition coefficient (Wildman–Crippen LogP) is 1.78. The molecule has 0 saturated heterocycles. The number of nitro groups is 1. The van der Waals surface area contributed by atoms with E-state index >= 15 is 0 Å². The molecule has 0 spiro atoms. The van der Waals surface area contributed by atoms with Crippen LogP contribution in [0.1, 0.15) is 21.9 Å². The summed E-state index contributed by atoms with van der Waals surface area (Å²) < 4.78 is 4.79. The molecule has 8 heteroatoms. The van der Waals surface area contributed by atoms with Crippen molar-refractivity contribution in [2.75, 3.05) is 5.32 Å². The Hall–Kier alpha value is -2.64. The third-order valence-corrected chi connectivity index (χ3v) is 2.36. The summed E-state index contributed by atoms with van der Waals surface area (Å²) in [6, 6.07) is 2.38. The van der Waals surface area contributed by atoms with Gasteiger partial charge in [-0.2, -0.15) is 5.10 Å². The van der Waals surface area contributed by atoms with Crippen LogP contribution in [-0.2, 0) is 0 Å². The van der Waals surface area contributed by atoms with Crippen molar-refractivity contribution in [2.45, 2.75) is 13.8 Å². The number of nitrogens with zero attached hydrogens (tertiary/aromatic N) is 2. The lowest BCUT2D eigenvalue weighted by Crippen LogP contribution is -2.12. The maximum Gasteiger partial charge on any atom is 0.433 e. The molecule has 2 rings (SSSR count). The number of hydrogen-bond donors (Lipinski definition) is 2. The van der Waals surface area contributed by atoms with Gasteiger partial charge in [0.2, 0.25) is 0 Å². The maximum atomic E-state index is 11.8. The summed E-state index contributed by atoms with van der Waals surface area (Å²) in [7, 11) is 0. The first-order valence-corrected chi connectivity index (χ1v) is 5.06. The fourth-order valence-electron chi connectivity index (χ4n) is 1.46. The van der Waals surface area contributed by atoms with Gasteiger partial charge in [0.05, 0.1) is 23.1 Å². The molecule has 0 aliphatic carbocycles. The molecule has 8 nitrogen and oxygen atoms in total. The van der Waals surface area contributed by atoms with E-state index in [2.05, 4.69) is 15.5 Å². The molecule has 0 radical (unpaired) electrons. The first kappa shape index (κ1) is 11.8. The molecule has 94 valence electrons. The number of carbonyl (C=O) groups is 1. The van der Waals surface area contributed by atoms with Crippen molar-refractivity contribution < 1.29 is 14.1 Å². The predicted molar refractivity (Wildman–Crippen MR) is 61.4 cm³/mol. The highest BCUT2D eigenvalue weighted by atomic mass is 16.6. The van der Waals surface area contributed by atoms with Gasteiger partial charge in [-0.3, -0.25) is 20.0 Å². The van der Waals surface area contributed by atoms with Crippen LogP contribution in [0.2, 0.25) is 0 Å². The molecule has 0 unspecified atom stereocenters. The van der Waals surface area contributed by atoms with Gasteiger partial charge < -0.3 is 9.73 Å². The molecule has 2 N–H and O–H groups in total. The van der Waals surface area contributed by atoms with E-state index in [1.807, 2.05) is 0 Å². The summed E-state index contributed by atoms with van der Waals surface area (Å²) in [5, 5.41) is 19.6. The highest BCUT2D eigenvalue weighted by molar-refractivity contribution is 6.03. The van der Waals surface area contributed by atoms with Crippen molar-refractivity contribution in [3.8, 4) is 0 Å². The first-order valence-electron chi connectivity index (χ1n) is 5.06. The van der Waals surface area contributed by atoms with Gasteiger partial charge in [0.25, 0.3) is 5.91 Å². The summed E-state index contributed by atoms with van der Waals surface area (Å²) in [4.78, 5) is 21.5. The summed E-state index contributed by atoms with van der Waals surface area (Å²) >= 11 is 0. The number of carbonyl (C=O) groups excluding carboxylic acids is 1. The van der Waals surface area contributed by atoms with Gasteiger partial charge in [0.15, 0.2) is 5.76 Å². The van der Waals surface area contributed by atoms with Crippen LogP contribution < -0.4 is 5.32 Å². The van der Waals surface area contributed by atoms with Gasteiger partial charge in [-0.25, -0.2) is 0 Å². The molecular weight excluding hydrogens is 240 g/mol. The van der Waals surface area contributed by atoms with E-state index in [0.717, 1.165) is 6.07 Å². The van der Waals surface area contributed by atoms with Crippen LogP contribution in [0.3, 0.4) is 0 Å². The van der Waals surface area contributed by atoms with Crippen molar-refractivity contribution in [1.82, 2.24) is 10.2 Å². The second-order valence-corrected chi connectivity index (χ2v) is 3.66. The molecule has 0 aliphatic heterocycles. The van der Waals surface area contributed by atoms with Gasteiger partial charge in [0.1, 0.15) is 4.92 Å². The zero-order valence-corrected chi connectivity index (χ0v) is 9.68. The first-order chi connectivity index (χ1) is 8.49. The fraction of sp³-hybridized carbons (Fsp3) is 0.200. The minimum atomic E-state index is -0.703. The van der Waals surface area contributed by atoms with Crippen LogP contribution in [0.25, 0.3) is 0 Å². The van der Waals surface area contributed by atoms with E-state index in [1.54, 1.807) is 13.8 Å². The number of H-pyrrole nitrogens is 1. The van der Waals surface area contributed by atoms with E-state index in [4.69, 9.17) is 4.42 Å². The number of aryl methyl sites for hydroxylation is 2. The SMILES string of the molecule is Cc1n[nH]c(C)c1NC(=O)c1ccc([N+](=O)[O-])o1. The molecule has 0 bridgehead atoms. The van der Waals surface area contributed by atoms with Crippen molar-refractivity contribution in [1.29, 1.82) is 0 Å². The van der Waals surface area contributed by atoms with Crippen LogP contribution in [0.4, 0.5) is 11.6 Å². The van der Waals surface area contributed by atoms with Gasteiger partial charge in [0, 0.05) is 0 Å². The Morgan fingerprint density at radius 2 is 2.22 bits per heavy atom. The van der Waals surface area contributed by atoms with Crippen LogP contribution in [0, 0.1) is 24.0 Å². The number of anilines is 1. The topological polar surface area (TPSA) is 114 Å². The molecule has 0 aliphatic rings. The third-order valence-electron chi connectivity index (χ3n) is 2.36. The minimum Gasteiger partial charge on any atom is -0.395 e. The van der Waals surface area contributed by atoms with E-state index in [-0.39, 0.29) is 5.76 Å². The average molecular weight is 250 g/mol. The van der Waals surface area contributed by atoms with Crippen molar-refractivity contribution in [2.24, 2.45) is 0 Å². The Kier molecular flexibility index (Phi) is 2.84. The summed E-state index contributed by atoms with van der Waals surface area (Å²) in [5.74, 6) is -1.15. The largest absolute Gasteiger partial charge is 0.433 e. The van der Waals surface area contributed by atoms with Crippen LogP contribution in [0.5, 0.6) is 0 Å². The molecule has 2 aromatic rings. The maximum absolute atomic E-state index is 11.8. The summed E-state index contributed by atoms with van der Waals surface area (Å²) in [5.41, 5.74) is 1.86. The van der Waals surface area contributed by atoms with Crippen LogP contribution in [-0.4, -0.2) is 21.0 Å². The average Bonchev–Trinajstić information content (AvgIpc) is 2.91. The van der Waals surface area contributed by atoms with E-state index in [9.17, 15) is 14.9 Å². The second-order valence-electron chi connectivity index (χ2n) is 3.66. The Morgan fingerprint density at radius 1 is 1.50 bits per heavy atom. The molecular formula is C10H10N4O4. The van der Waals surface area contributed by atoms with E-state index < -0.39 is 16.7 Å². The lowest BCUT2D eigenvalue weighted by atomic mass is 10.3. The van der Waals surface area contributed by atoms with Crippen molar-refractivity contribution in [3.05, 3.63) is 39.4 Å². The van der Waals surface area contributed by atoms with E-state index in [0.29, 0.717) is 17.1 Å². The normalized spacial score (nSPS) is 10.3. The van der Waals surface area contributed by atoms with Gasteiger partial charge >= 0.3 is 5.88 Å². The standard InChI is InChI=1S/C10H10N4O4/c1-5-9(6(2)13-12-5)11-10(15)7-3-4-8(18-7)14(16)17/h3-4H,1-2H3,(H,11,15)(H,12,13). The molecule has 2 heterocycles. The Balaban J connectivity index is 2.19. The second kappa shape index (κ2) is 4.32. The number of amides is 1. The number of nitrogens with one attached hydrogen (secondary N) is 2. The zero-order chi connectivity index (χ0) is 13.3. The van der Waals surface area contributed by atoms with Crippen LogP contribution >= 0.6 is 0 Å². The molecule has 2 aromatic heterocycles. The summed E-state index contributed by atoms with van der Waals surface area (Å²) in [6.07, 6.45) is 0. The fourth-order valence-corrected chi connectivity index (χ4v) is 1.46. The number of aromatic amines is 1. The van der Waals surface area contributed by atoms with Gasteiger partial charge in [-0.1, -0.05) is 0 Å².